The topological polar surface area (TPSA) is 25.2 Å². The molecule has 2 rings (SSSR count). The Morgan fingerprint density at radius 1 is 1.27 bits per heavy atom. The molecule has 0 saturated carbocycles. The summed E-state index contributed by atoms with van der Waals surface area (Å²) >= 11 is 0. The number of benzene rings is 1. The average molecular weight is 147 g/mol. The monoisotopic (exact) mass is 147 g/mol. The van der Waals surface area contributed by atoms with Crippen molar-refractivity contribution in [3.8, 4) is 0 Å². The molecule has 2 heteroatoms. The summed E-state index contributed by atoms with van der Waals surface area (Å²) < 4.78 is 5.41. The van der Waals surface area contributed by atoms with E-state index < -0.39 is 0 Å². The van der Waals surface area contributed by atoms with Crippen LogP contribution >= 0.6 is 0 Å². The van der Waals surface area contributed by atoms with Gasteiger partial charge in [-0.3, -0.25) is 0 Å². The zero-order valence-corrected chi connectivity index (χ0v) is 6.29. The van der Waals surface area contributed by atoms with Gasteiger partial charge in [0.25, 0.3) is 0 Å². The van der Waals surface area contributed by atoms with E-state index in [1.807, 2.05) is 37.4 Å². The molecule has 0 fully saturated rings. The molecule has 0 aliphatic heterocycles. The highest BCUT2D eigenvalue weighted by molar-refractivity contribution is 5.80. The fourth-order valence-corrected chi connectivity index (χ4v) is 1.11. The van der Waals surface area contributed by atoms with Crippen molar-refractivity contribution in [2.24, 2.45) is 0 Å². The van der Waals surface area contributed by atoms with Crippen molar-refractivity contribution < 1.29 is 4.42 Å². The van der Waals surface area contributed by atoms with E-state index in [0.29, 0.717) is 0 Å². The summed E-state index contributed by atoms with van der Waals surface area (Å²) in [4.78, 5) is 0. The molecule has 0 aliphatic carbocycles. The first-order valence-corrected chi connectivity index (χ1v) is 3.56. The molecule has 0 spiro atoms. The van der Waals surface area contributed by atoms with Crippen LogP contribution in [0.3, 0.4) is 0 Å². The lowest BCUT2D eigenvalue weighted by Gasteiger charge is -1.87. The second kappa shape index (κ2) is 2.31. The predicted octanol–water partition coefficient (Wildman–Crippen LogP) is 2.47. The zero-order valence-electron chi connectivity index (χ0n) is 6.29. The summed E-state index contributed by atoms with van der Waals surface area (Å²) in [6, 6.07) is 9.92. The van der Waals surface area contributed by atoms with Gasteiger partial charge < -0.3 is 9.73 Å². The van der Waals surface area contributed by atoms with E-state index >= 15 is 0 Å². The number of anilines is 1. The van der Waals surface area contributed by atoms with E-state index in [1.165, 1.54) is 0 Å². The molecule has 0 amide bonds. The van der Waals surface area contributed by atoms with E-state index in [2.05, 4.69) is 5.32 Å². The van der Waals surface area contributed by atoms with Gasteiger partial charge in [-0.25, -0.2) is 0 Å². The van der Waals surface area contributed by atoms with E-state index in [1.54, 1.807) is 0 Å². The van der Waals surface area contributed by atoms with Crippen molar-refractivity contribution in [3.05, 3.63) is 30.3 Å². The Morgan fingerprint density at radius 3 is 2.82 bits per heavy atom. The maximum Gasteiger partial charge on any atom is 0.193 e. The van der Waals surface area contributed by atoms with Crippen molar-refractivity contribution >= 4 is 16.9 Å². The lowest BCUT2D eigenvalue weighted by Crippen LogP contribution is -1.81. The highest BCUT2D eigenvalue weighted by Crippen LogP contribution is 2.21. The summed E-state index contributed by atoms with van der Waals surface area (Å²) in [7, 11) is 1.84. The van der Waals surface area contributed by atoms with Gasteiger partial charge in [0.15, 0.2) is 5.88 Å². The van der Waals surface area contributed by atoms with Gasteiger partial charge in [0, 0.05) is 18.5 Å². The van der Waals surface area contributed by atoms with Gasteiger partial charge in [0.05, 0.1) is 0 Å². The Hall–Kier alpha value is -1.44. The first-order valence-electron chi connectivity index (χ1n) is 3.56. The Kier molecular flexibility index (Phi) is 1.32. The molecule has 0 bridgehead atoms. The number of nitrogens with one attached hydrogen (secondary N) is 1. The van der Waals surface area contributed by atoms with Crippen LogP contribution in [-0.2, 0) is 0 Å². The molecule has 11 heavy (non-hydrogen) atoms. The number of hydrogen-bond acceptors (Lipinski definition) is 2. The molecule has 56 valence electrons. The first kappa shape index (κ1) is 6.28. The second-order valence-electron chi connectivity index (χ2n) is 2.40. The fraction of sp³-hybridized carbons (Fsp3) is 0.111. The number of furan rings is 1. The van der Waals surface area contributed by atoms with Crippen molar-refractivity contribution in [2.75, 3.05) is 12.4 Å². The Labute approximate surface area is 64.8 Å². The summed E-state index contributed by atoms with van der Waals surface area (Å²) in [5.41, 5.74) is 0.928. The molecule has 1 aromatic carbocycles. The number of fused-ring (bicyclic) bond motifs is 1. The Balaban J connectivity index is 2.69. The van der Waals surface area contributed by atoms with Gasteiger partial charge in [0.1, 0.15) is 5.58 Å². The molecular formula is C9H9NO. The quantitative estimate of drug-likeness (QED) is 0.670. The highest BCUT2D eigenvalue weighted by atomic mass is 16.3. The van der Waals surface area contributed by atoms with Crippen LogP contribution in [0.15, 0.2) is 34.7 Å². The van der Waals surface area contributed by atoms with Gasteiger partial charge in [-0.2, -0.15) is 0 Å². The van der Waals surface area contributed by atoms with Crippen LogP contribution in [0, 0.1) is 0 Å². The molecule has 1 aromatic heterocycles. The lowest BCUT2D eigenvalue weighted by molar-refractivity contribution is 0.632. The third-order valence-corrected chi connectivity index (χ3v) is 1.67. The second-order valence-corrected chi connectivity index (χ2v) is 2.40. The third-order valence-electron chi connectivity index (χ3n) is 1.67. The normalized spacial score (nSPS) is 10.3. The van der Waals surface area contributed by atoms with Gasteiger partial charge in [-0.15, -0.1) is 0 Å². The molecule has 1 N–H and O–H groups in total. The minimum atomic E-state index is 0.811. The predicted molar refractivity (Wildman–Crippen MR) is 45.8 cm³/mol. The molecule has 2 aromatic rings. The van der Waals surface area contributed by atoms with Gasteiger partial charge >= 0.3 is 0 Å². The van der Waals surface area contributed by atoms with E-state index in [0.717, 1.165) is 16.9 Å². The molecule has 0 saturated heterocycles. The van der Waals surface area contributed by atoms with Crippen LogP contribution in [0.2, 0.25) is 0 Å². The summed E-state index contributed by atoms with van der Waals surface area (Å²) in [5.74, 6) is 0.811. The lowest BCUT2D eigenvalue weighted by atomic mass is 10.3. The van der Waals surface area contributed by atoms with E-state index in [-0.39, 0.29) is 0 Å². The van der Waals surface area contributed by atoms with Crippen molar-refractivity contribution in [3.63, 3.8) is 0 Å². The zero-order chi connectivity index (χ0) is 7.68. The molecule has 1 heterocycles. The van der Waals surface area contributed by atoms with Crippen molar-refractivity contribution in [1.29, 1.82) is 0 Å². The summed E-state index contributed by atoms with van der Waals surface area (Å²) in [6.45, 7) is 0. The van der Waals surface area contributed by atoms with E-state index in [9.17, 15) is 0 Å². The van der Waals surface area contributed by atoms with Crippen molar-refractivity contribution in [1.82, 2.24) is 0 Å². The minimum absolute atomic E-state index is 0.811. The fourth-order valence-electron chi connectivity index (χ4n) is 1.11. The molecule has 0 aliphatic rings. The molecule has 0 atom stereocenters. The molecule has 2 nitrogen and oxygen atoms in total. The van der Waals surface area contributed by atoms with Crippen LogP contribution in [0.25, 0.3) is 11.0 Å². The van der Waals surface area contributed by atoms with Crippen LogP contribution in [0.1, 0.15) is 0 Å². The summed E-state index contributed by atoms with van der Waals surface area (Å²) in [6.07, 6.45) is 0. The van der Waals surface area contributed by atoms with Crippen LogP contribution in [-0.4, -0.2) is 7.05 Å². The average Bonchev–Trinajstić information content (AvgIpc) is 2.46. The standard InChI is InChI=1S/C9H9NO/c1-10-9-6-7-4-2-3-5-8(7)11-9/h2-6,10H,1H3. The minimum Gasteiger partial charge on any atom is -0.441 e. The number of para-hydroxylation sites is 1. The van der Waals surface area contributed by atoms with E-state index in [4.69, 9.17) is 4.42 Å². The maximum absolute atomic E-state index is 5.41. The van der Waals surface area contributed by atoms with Crippen LogP contribution in [0.4, 0.5) is 5.88 Å². The smallest absolute Gasteiger partial charge is 0.193 e. The molecular weight excluding hydrogens is 138 g/mol. The highest BCUT2D eigenvalue weighted by Gasteiger charge is 1.98. The van der Waals surface area contributed by atoms with Crippen LogP contribution < -0.4 is 5.32 Å². The Bertz CT molecular complexity index is 331. The van der Waals surface area contributed by atoms with Gasteiger partial charge in [-0.05, 0) is 6.07 Å². The van der Waals surface area contributed by atoms with Crippen molar-refractivity contribution in [2.45, 2.75) is 0 Å². The maximum atomic E-state index is 5.41. The molecule has 0 radical (unpaired) electrons. The Morgan fingerprint density at radius 2 is 2.09 bits per heavy atom. The van der Waals surface area contributed by atoms with Gasteiger partial charge in [-0.1, -0.05) is 18.2 Å². The SMILES string of the molecule is CNc1cc2ccccc2o1. The molecule has 0 unspecified atom stereocenters. The summed E-state index contributed by atoms with van der Waals surface area (Å²) in [5, 5.41) is 4.09. The number of rotatable bonds is 1. The van der Waals surface area contributed by atoms with Crippen LogP contribution in [0.5, 0.6) is 0 Å². The third kappa shape index (κ3) is 0.963. The largest absolute Gasteiger partial charge is 0.441 e. The number of hydrogen-bond donors (Lipinski definition) is 1. The van der Waals surface area contributed by atoms with Gasteiger partial charge in [0.2, 0.25) is 0 Å². The first-order chi connectivity index (χ1) is 5.40.